The first-order valence-electron chi connectivity index (χ1n) is 22.6. The summed E-state index contributed by atoms with van der Waals surface area (Å²) >= 11 is 3.53. The Morgan fingerprint density at radius 2 is 1.10 bits per heavy atom. The third-order valence-corrected chi connectivity index (χ3v) is 11.6. The fraction of sp³-hybridized carbons (Fsp3) is 0.298. The fourth-order valence-corrected chi connectivity index (χ4v) is 7.01. The van der Waals surface area contributed by atoms with E-state index in [0.29, 0.717) is 26.3 Å². The number of carbonyl (C=O) groups excluding carboxylic acids is 1. The van der Waals surface area contributed by atoms with Crippen LogP contribution in [0.25, 0.3) is 10.8 Å². The van der Waals surface area contributed by atoms with Crippen LogP contribution >= 0.6 is 23.5 Å². The van der Waals surface area contributed by atoms with E-state index in [1.54, 1.807) is 34.6 Å². The smallest absolute Gasteiger partial charge is 0.260 e. The van der Waals surface area contributed by atoms with Crippen LogP contribution < -0.4 is 9.47 Å². The van der Waals surface area contributed by atoms with Gasteiger partial charge in [-0.2, -0.15) is 78.0 Å². The molecule has 0 unspecified atom stereocenters. The standard InChI is InChI=1S/C13H17NO3.C13H19NO2.C11H10S.C7H7S.C7H7.C6H7N.2Y/c1-11-2-4-12(5-3-11)17-10-13(15)14-6-8-16-9-7-14;1-12-2-4-13(5-3-12)16-11-8-14-6-9-15-10-7-14;1-12-11-7-6-9-4-2-3-5-10(9)8-11;1-8-7-5-3-2-4-6-7;1-7-5-3-2-4-6-7;1-6-3-2-4-7-5-6;;/h2-5H,6-10H2,1H3;2-5H,6-11H2,1H3;2-8H,1H3;3-6H,1H3;3-6H,1H3;2-5H,1H3;;/q;;;2*-1;;;. The zero-order chi connectivity index (χ0) is 47.7. The summed E-state index contributed by atoms with van der Waals surface area (Å²) in [4.78, 5) is 22.4. The van der Waals surface area contributed by atoms with Gasteiger partial charge in [0.2, 0.25) is 0 Å². The molecule has 0 spiro atoms. The van der Waals surface area contributed by atoms with E-state index in [2.05, 4.69) is 103 Å². The van der Waals surface area contributed by atoms with Crippen molar-refractivity contribution in [3.63, 3.8) is 0 Å². The summed E-state index contributed by atoms with van der Waals surface area (Å²) in [7, 11) is 0. The molecule has 360 valence electrons. The number of benzene rings is 6. The first kappa shape index (κ1) is 61.7. The van der Waals surface area contributed by atoms with Crippen molar-refractivity contribution in [2.75, 3.05) is 84.9 Å². The van der Waals surface area contributed by atoms with Gasteiger partial charge in [-0.05, 0) is 92.1 Å². The fourth-order valence-electron chi connectivity index (χ4n) is 6.16. The van der Waals surface area contributed by atoms with Crippen molar-refractivity contribution in [2.24, 2.45) is 0 Å². The van der Waals surface area contributed by atoms with Gasteiger partial charge in [0.1, 0.15) is 18.1 Å². The Morgan fingerprint density at radius 1 is 0.580 bits per heavy atom. The number of hydrogen-bond donors (Lipinski definition) is 0. The SMILES string of the molecule is CSc1cc[c-]cc1.CSc1ccc2ccccc2c1.Cc1cc[c-]cc1.Cc1ccc(OCC(=O)N2CCOCC2)cc1.Cc1ccc(OCCN2CCOCC2)cc1.Cc1cccnc1.[Y].[Y]. The van der Waals surface area contributed by atoms with Crippen LogP contribution in [0, 0.1) is 39.8 Å². The molecule has 0 saturated carbocycles. The Balaban J connectivity index is 0.000000292. The summed E-state index contributed by atoms with van der Waals surface area (Å²) in [6, 6.07) is 56.5. The second-order valence-electron chi connectivity index (χ2n) is 15.5. The van der Waals surface area contributed by atoms with Gasteiger partial charge in [0.25, 0.3) is 5.91 Å². The zero-order valence-electron chi connectivity index (χ0n) is 41.2. The molecule has 2 fully saturated rings. The largest absolute Gasteiger partial charge is 0.492 e. The van der Waals surface area contributed by atoms with E-state index in [9.17, 15) is 4.79 Å². The van der Waals surface area contributed by atoms with Gasteiger partial charge in [0, 0.05) is 115 Å². The molecule has 2 radical (unpaired) electrons. The number of pyridine rings is 1. The van der Waals surface area contributed by atoms with E-state index >= 15 is 0 Å². The van der Waals surface area contributed by atoms with Crippen LogP contribution in [-0.2, 0) is 79.7 Å². The molecule has 9 rings (SSSR count). The van der Waals surface area contributed by atoms with E-state index in [4.69, 9.17) is 18.9 Å². The summed E-state index contributed by atoms with van der Waals surface area (Å²) in [6.45, 7) is 16.3. The molecule has 69 heavy (non-hydrogen) atoms. The van der Waals surface area contributed by atoms with Gasteiger partial charge >= 0.3 is 0 Å². The van der Waals surface area contributed by atoms with E-state index in [-0.39, 0.29) is 77.9 Å². The molecule has 0 aliphatic carbocycles. The van der Waals surface area contributed by atoms with E-state index in [1.165, 1.54) is 42.8 Å². The van der Waals surface area contributed by atoms with Crippen molar-refractivity contribution < 1.29 is 89.2 Å². The minimum atomic E-state index is 0. The average molecular weight is 1120 g/mol. The Hall–Kier alpha value is -3.41. The number of nitrogens with zero attached hydrogens (tertiary/aromatic N) is 3. The number of carbonyl (C=O) groups is 1. The van der Waals surface area contributed by atoms with E-state index in [0.717, 1.165) is 51.0 Å². The second kappa shape index (κ2) is 38.3. The average Bonchev–Trinajstić information content (AvgIpc) is 3.39. The molecule has 2 aliphatic rings. The molecule has 0 bridgehead atoms. The molecule has 6 aromatic carbocycles. The number of amides is 1. The van der Waals surface area contributed by atoms with Crippen LogP contribution in [0.15, 0.2) is 174 Å². The van der Waals surface area contributed by atoms with E-state index < -0.39 is 0 Å². The summed E-state index contributed by atoms with van der Waals surface area (Å²) in [6.07, 6.45) is 7.77. The molecule has 2 saturated heterocycles. The van der Waals surface area contributed by atoms with Crippen molar-refractivity contribution in [3.05, 3.63) is 198 Å². The summed E-state index contributed by atoms with van der Waals surface area (Å²) in [5, 5.41) is 2.64. The molecule has 8 nitrogen and oxygen atoms in total. The summed E-state index contributed by atoms with van der Waals surface area (Å²) < 4.78 is 21.6. The molecule has 1 aromatic heterocycles. The number of thioether (sulfide) groups is 2. The Kier molecular flexibility index (Phi) is 34.2. The number of ether oxygens (including phenoxy) is 4. The van der Waals surface area contributed by atoms with Gasteiger partial charge in [-0.15, -0.1) is 16.7 Å². The maximum Gasteiger partial charge on any atom is 0.260 e. The number of morpholine rings is 2. The predicted octanol–water partition coefficient (Wildman–Crippen LogP) is 11.9. The topological polar surface area (TPSA) is 73.4 Å². The van der Waals surface area contributed by atoms with Crippen LogP contribution in [0.3, 0.4) is 0 Å². The normalized spacial score (nSPS) is 12.5. The molecule has 0 N–H and O–H groups in total. The molecule has 7 aromatic rings. The van der Waals surface area contributed by atoms with Crippen LogP contribution in [0.5, 0.6) is 11.5 Å². The van der Waals surface area contributed by atoms with Crippen molar-refractivity contribution in [3.8, 4) is 11.5 Å². The maximum absolute atomic E-state index is 11.8. The molecular formula is C57H67N3O5S2Y2-2. The minimum Gasteiger partial charge on any atom is -0.492 e. The van der Waals surface area contributed by atoms with Crippen LogP contribution in [0.2, 0.25) is 0 Å². The monoisotopic (exact) mass is 1120 g/mol. The van der Waals surface area contributed by atoms with Gasteiger partial charge < -0.3 is 23.8 Å². The molecule has 3 heterocycles. The van der Waals surface area contributed by atoms with Gasteiger partial charge in [0.05, 0.1) is 26.4 Å². The molecular weight excluding hydrogens is 1050 g/mol. The molecule has 0 atom stereocenters. The number of aryl methyl sites for hydroxylation is 4. The maximum atomic E-state index is 11.8. The van der Waals surface area contributed by atoms with Gasteiger partial charge in [-0.1, -0.05) is 78.7 Å². The van der Waals surface area contributed by atoms with Crippen LogP contribution in [0.4, 0.5) is 0 Å². The minimum absolute atomic E-state index is 0. The Labute approximate surface area is 471 Å². The van der Waals surface area contributed by atoms with Crippen LogP contribution in [0.1, 0.15) is 22.3 Å². The first-order valence-corrected chi connectivity index (χ1v) is 25.0. The molecule has 1 amide bonds. The van der Waals surface area contributed by atoms with Crippen LogP contribution in [-0.4, -0.2) is 106 Å². The van der Waals surface area contributed by atoms with Crippen molar-refractivity contribution in [1.82, 2.24) is 14.8 Å². The number of rotatable bonds is 9. The Bertz CT molecular complexity index is 2300. The predicted molar refractivity (Wildman–Crippen MR) is 280 cm³/mol. The third kappa shape index (κ3) is 27.7. The quantitative estimate of drug-likeness (QED) is 0.104. The van der Waals surface area contributed by atoms with Crippen molar-refractivity contribution >= 4 is 40.2 Å². The second-order valence-corrected chi connectivity index (χ2v) is 17.2. The Morgan fingerprint density at radius 3 is 1.58 bits per heavy atom. The third-order valence-electron chi connectivity index (χ3n) is 10.1. The van der Waals surface area contributed by atoms with Crippen molar-refractivity contribution in [1.29, 1.82) is 0 Å². The summed E-state index contributed by atoms with van der Waals surface area (Å²) in [5.74, 6) is 1.71. The summed E-state index contributed by atoms with van der Waals surface area (Å²) in [5.41, 5.74) is 4.94. The van der Waals surface area contributed by atoms with E-state index in [1.807, 2.05) is 117 Å². The number of fused-ring (bicyclic) bond motifs is 1. The van der Waals surface area contributed by atoms with Gasteiger partial charge in [-0.3, -0.25) is 14.7 Å². The van der Waals surface area contributed by atoms with Gasteiger partial charge in [-0.25, -0.2) is 0 Å². The number of hydrogen-bond acceptors (Lipinski definition) is 9. The number of aromatic nitrogens is 1. The zero-order valence-corrected chi connectivity index (χ0v) is 48.5. The van der Waals surface area contributed by atoms with Gasteiger partial charge in [0.15, 0.2) is 6.61 Å². The van der Waals surface area contributed by atoms with Crippen molar-refractivity contribution in [2.45, 2.75) is 37.5 Å². The molecule has 12 heteroatoms. The molecule has 2 aliphatic heterocycles. The first-order chi connectivity index (χ1) is 32.7.